The predicted molar refractivity (Wildman–Crippen MR) is 148 cm³/mol. The van der Waals surface area contributed by atoms with E-state index in [2.05, 4.69) is 45.0 Å². The van der Waals surface area contributed by atoms with Gasteiger partial charge in [-0.2, -0.15) is 0 Å². The number of aryl methyl sites for hydroxylation is 1. The number of likely N-dealkylation sites (tertiary alicyclic amines) is 1. The van der Waals surface area contributed by atoms with Crippen molar-refractivity contribution in [3.8, 4) is 0 Å². The maximum absolute atomic E-state index is 13.1. The van der Waals surface area contributed by atoms with Crippen LogP contribution in [-0.4, -0.2) is 51.8 Å². The third kappa shape index (κ3) is 7.69. The highest BCUT2D eigenvalue weighted by molar-refractivity contribution is 7.99. The quantitative estimate of drug-likeness (QED) is 0.204. The van der Waals surface area contributed by atoms with Gasteiger partial charge in [0.2, 0.25) is 5.91 Å². The van der Waals surface area contributed by atoms with E-state index in [9.17, 15) is 14.4 Å². The molecule has 37 heavy (non-hydrogen) atoms. The molecule has 1 aromatic carbocycles. The van der Waals surface area contributed by atoms with Crippen LogP contribution in [0.15, 0.2) is 34.2 Å². The number of carbonyl (C=O) groups excluding carboxylic acids is 2. The van der Waals surface area contributed by atoms with Gasteiger partial charge in [-0.15, -0.1) is 0 Å². The Kier molecular flexibility index (Phi) is 9.99. The summed E-state index contributed by atoms with van der Waals surface area (Å²) in [6, 6.07) is 8.46. The summed E-state index contributed by atoms with van der Waals surface area (Å²) in [6.07, 6.45) is 3.04. The van der Waals surface area contributed by atoms with Crippen LogP contribution < -0.4 is 5.56 Å². The molecule has 2 aromatic rings. The zero-order valence-corrected chi connectivity index (χ0v) is 24.0. The molecule has 3 rings (SSSR count). The summed E-state index contributed by atoms with van der Waals surface area (Å²) in [6.45, 7) is 11.9. The second kappa shape index (κ2) is 12.8. The second-order valence-electron chi connectivity index (χ2n) is 10.8. The van der Waals surface area contributed by atoms with Crippen LogP contribution >= 0.6 is 11.8 Å². The van der Waals surface area contributed by atoms with Gasteiger partial charge >= 0.3 is 5.97 Å². The van der Waals surface area contributed by atoms with Crippen molar-refractivity contribution < 1.29 is 14.3 Å². The molecule has 7 nitrogen and oxygen atoms in total. The van der Waals surface area contributed by atoms with Crippen molar-refractivity contribution in [2.24, 2.45) is 13.0 Å². The van der Waals surface area contributed by atoms with Crippen molar-refractivity contribution in [1.29, 1.82) is 0 Å². The molecule has 0 bridgehead atoms. The number of hydrogen-bond donors (Lipinski definition) is 0. The van der Waals surface area contributed by atoms with E-state index >= 15 is 0 Å². The summed E-state index contributed by atoms with van der Waals surface area (Å²) in [4.78, 5) is 44.2. The van der Waals surface area contributed by atoms with Gasteiger partial charge in [0, 0.05) is 50.0 Å². The number of esters is 1. The first-order valence-corrected chi connectivity index (χ1v) is 14.2. The van der Waals surface area contributed by atoms with Crippen molar-refractivity contribution >= 4 is 23.6 Å². The van der Waals surface area contributed by atoms with Crippen molar-refractivity contribution in [2.45, 2.75) is 77.3 Å². The van der Waals surface area contributed by atoms with Crippen LogP contribution in [0.5, 0.6) is 0 Å². The Labute approximate surface area is 225 Å². The standard InChI is InChI=1S/C29H41N3O4S/c1-7-36-27(35)22-14-16-32(17-15-22)25(33)9-8-18-37-28-30-20(2)24(26(34)31(28)6)19-21-10-12-23(13-11-21)29(3,4)5/h10-13,22H,7-9,14-19H2,1-6H3. The highest BCUT2D eigenvalue weighted by atomic mass is 32.2. The van der Waals surface area contributed by atoms with E-state index in [1.54, 1.807) is 11.6 Å². The average Bonchev–Trinajstić information content (AvgIpc) is 2.87. The van der Waals surface area contributed by atoms with Crippen LogP contribution in [-0.2, 0) is 33.2 Å². The molecule has 1 saturated heterocycles. The Balaban J connectivity index is 1.51. The minimum atomic E-state index is -0.149. The van der Waals surface area contributed by atoms with Crippen LogP contribution in [0, 0.1) is 12.8 Å². The summed E-state index contributed by atoms with van der Waals surface area (Å²) in [7, 11) is 1.77. The maximum Gasteiger partial charge on any atom is 0.309 e. The lowest BCUT2D eigenvalue weighted by Gasteiger charge is -2.31. The third-order valence-electron chi connectivity index (χ3n) is 6.98. The molecule has 0 atom stereocenters. The summed E-state index contributed by atoms with van der Waals surface area (Å²) < 4.78 is 6.73. The molecule has 0 unspecified atom stereocenters. The molecule has 0 N–H and O–H groups in total. The van der Waals surface area contributed by atoms with Gasteiger partial charge in [-0.3, -0.25) is 19.0 Å². The van der Waals surface area contributed by atoms with E-state index < -0.39 is 0 Å². The zero-order valence-electron chi connectivity index (χ0n) is 23.1. The predicted octanol–water partition coefficient (Wildman–Crippen LogP) is 4.65. The molecular formula is C29H41N3O4S. The van der Waals surface area contributed by atoms with Crippen LogP contribution in [0.2, 0.25) is 0 Å². The maximum atomic E-state index is 13.1. The number of nitrogens with zero attached hydrogens (tertiary/aromatic N) is 3. The summed E-state index contributed by atoms with van der Waals surface area (Å²) in [5, 5.41) is 0.678. The van der Waals surface area contributed by atoms with E-state index in [4.69, 9.17) is 9.72 Å². The van der Waals surface area contributed by atoms with Gasteiger partial charge in [0.1, 0.15) is 0 Å². The van der Waals surface area contributed by atoms with Crippen LogP contribution in [0.4, 0.5) is 0 Å². The van der Waals surface area contributed by atoms with E-state index in [1.807, 2.05) is 18.7 Å². The lowest BCUT2D eigenvalue weighted by Crippen LogP contribution is -2.40. The lowest BCUT2D eigenvalue weighted by atomic mass is 9.86. The van der Waals surface area contributed by atoms with Gasteiger partial charge < -0.3 is 9.64 Å². The first-order valence-electron chi connectivity index (χ1n) is 13.2. The smallest absolute Gasteiger partial charge is 0.309 e. The molecule has 0 spiro atoms. The van der Waals surface area contributed by atoms with Crippen molar-refractivity contribution in [2.75, 3.05) is 25.4 Å². The molecule has 1 amide bonds. The van der Waals surface area contributed by atoms with Crippen molar-refractivity contribution in [1.82, 2.24) is 14.5 Å². The van der Waals surface area contributed by atoms with Gasteiger partial charge in [-0.25, -0.2) is 4.98 Å². The van der Waals surface area contributed by atoms with Gasteiger partial charge in [-0.05, 0) is 49.7 Å². The van der Waals surface area contributed by atoms with Crippen LogP contribution in [0.1, 0.15) is 75.8 Å². The molecule has 1 fully saturated rings. The fraction of sp³-hybridized carbons (Fsp3) is 0.586. The first-order chi connectivity index (χ1) is 17.5. The third-order valence-corrected chi connectivity index (χ3v) is 8.10. The van der Waals surface area contributed by atoms with Crippen LogP contribution in [0.25, 0.3) is 0 Å². The minimum Gasteiger partial charge on any atom is -0.466 e. The summed E-state index contributed by atoms with van der Waals surface area (Å²) in [5.74, 6) is 0.580. The van der Waals surface area contributed by atoms with Crippen LogP contribution in [0.3, 0.4) is 0 Å². The molecule has 8 heteroatoms. The Morgan fingerprint density at radius 1 is 1.14 bits per heavy atom. The molecule has 0 radical (unpaired) electrons. The largest absolute Gasteiger partial charge is 0.466 e. The second-order valence-corrected chi connectivity index (χ2v) is 11.9. The molecular weight excluding hydrogens is 486 g/mol. The number of hydrogen-bond acceptors (Lipinski definition) is 6. The average molecular weight is 528 g/mol. The highest BCUT2D eigenvalue weighted by Gasteiger charge is 2.28. The van der Waals surface area contributed by atoms with Gasteiger partial charge in [0.25, 0.3) is 5.56 Å². The molecule has 1 aliphatic rings. The number of benzene rings is 1. The number of aromatic nitrogens is 2. The van der Waals surface area contributed by atoms with E-state index in [0.717, 1.165) is 16.8 Å². The number of piperidine rings is 1. The topological polar surface area (TPSA) is 81.5 Å². The summed E-state index contributed by atoms with van der Waals surface area (Å²) >= 11 is 1.51. The Morgan fingerprint density at radius 3 is 2.38 bits per heavy atom. The number of rotatable bonds is 9. The number of ether oxygens (including phenoxy) is 1. The van der Waals surface area contributed by atoms with Gasteiger partial charge in [-0.1, -0.05) is 56.8 Å². The van der Waals surface area contributed by atoms with Gasteiger partial charge in [0.05, 0.1) is 12.5 Å². The SMILES string of the molecule is CCOC(=O)C1CCN(C(=O)CCCSc2nc(C)c(Cc3ccc(C(C)(C)C)cc3)c(=O)n2C)CC1. The van der Waals surface area contributed by atoms with E-state index in [1.165, 1.54) is 17.3 Å². The Bertz CT molecular complexity index is 1140. The molecule has 1 aliphatic heterocycles. The fourth-order valence-electron chi connectivity index (χ4n) is 4.56. The zero-order chi connectivity index (χ0) is 27.2. The molecule has 2 heterocycles. The number of amides is 1. The van der Waals surface area contributed by atoms with E-state index in [-0.39, 0.29) is 28.8 Å². The molecule has 0 saturated carbocycles. The fourth-order valence-corrected chi connectivity index (χ4v) is 5.51. The minimum absolute atomic E-state index is 0.0181. The summed E-state index contributed by atoms with van der Waals surface area (Å²) in [5.41, 5.74) is 3.92. The molecule has 1 aromatic heterocycles. The van der Waals surface area contributed by atoms with Crippen molar-refractivity contribution in [3.05, 3.63) is 57.0 Å². The number of carbonyl (C=O) groups is 2. The number of thioether (sulfide) groups is 1. The normalized spacial score (nSPS) is 14.6. The molecule has 0 aliphatic carbocycles. The Morgan fingerprint density at radius 2 is 1.78 bits per heavy atom. The highest BCUT2D eigenvalue weighted by Crippen LogP contribution is 2.24. The Hall–Kier alpha value is -2.61. The monoisotopic (exact) mass is 527 g/mol. The van der Waals surface area contributed by atoms with Crippen molar-refractivity contribution in [3.63, 3.8) is 0 Å². The first kappa shape index (κ1) is 29.0. The van der Waals surface area contributed by atoms with Gasteiger partial charge in [0.15, 0.2) is 5.16 Å². The van der Waals surface area contributed by atoms with E-state index in [0.29, 0.717) is 62.7 Å². The molecule has 202 valence electrons. The lowest BCUT2D eigenvalue weighted by molar-refractivity contribution is -0.151.